The van der Waals surface area contributed by atoms with Gasteiger partial charge in [-0.25, -0.2) is 9.97 Å². The summed E-state index contributed by atoms with van der Waals surface area (Å²) in [6, 6.07) is 24.7. The van der Waals surface area contributed by atoms with Crippen molar-refractivity contribution in [3.8, 4) is 22.5 Å². The Morgan fingerprint density at radius 1 is 0.741 bits per heavy atom. The fraction of sp³-hybridized carbons (Fsp3) is 0.0435. The Kier molecular flexibility index (Phi) is 3.80. The van der Waals surface area contributed by atoms with Crippen molar-refractivity contribution < 1.29 is 0 Å². The summed E-state index contributed by atoms with van der Waals surface area (Å²) in [5.41, 5.74) is 6.96. The quantitative estimate of drug-likeness (QED) is 0.344. The highest BCUT2D eigenvalue weighted by Crippen LogP contribution is 2.36. The highest BCUT2D eigenvalue weighted by molar-refractivity contribution is 9.10. The van der Waals surface area contributed by atoms with E-state index in [2.05, 4.69) is 70.1 Å². The van der Waals surface area contributed by atoms with Crippen LogP contribution in [-0.2, 0) is 7.05 Å². The molecule has 0 aliphatic rings. The number of aromatic nitrogens is 3. The smallest absolute Gasteiger partial charge is 0.0994 e. The number of rotatable bonds is 2. The summed E-state index contributed by atoms with van der Waals surface area (Å²) in [5.74, 6) is 0. The molecule has 3 nitrogen and oxygen atoms in total. The van der Waals surface area contributed by atoms with Crippen LogP contribution in [0.15, 0.2) is 83.5 Å². The van der Waals surface area contributed by atoms with Crippen LogP contribution < -0.4 is 0 Å². The molecule has 0 aliphatic heterocycles. The molecule has 0 unspecified atom stereocenters. The van der Waals surface area contributed by atoms with E-state index < -0.39 is 0 Å². The number of hydrogen-bond acceptors (Lipinski definition) is 2. The van der Waals surface area contributed by atoms with E-state index in [4.69, 9.17) is 9.97 Å². The van der Waals surface area contributed by atoms with Crippen LogP contribution in [0.5, 0.6) is 0 Å². The minimum Gasteiger partial charge on any atom is -0.350 e. The Balaban J connectivity index is 1.87. The zero-order valence-electron chi connectivity index (χ0n) is 14.7. The molecule has 0 saturated carbocycles. The fourth-order valence-corrected chi connectivity index (χ4v) is 3.79. The summed E-state index contributed by atoms with van der Waals surface area (Å²) in [6.45, 7) is 0. The molecule has 5 rings (SSSR count). The Morgan fingerprint density at radius 2 is 1.37 bits per heavy atom. The number of nitrogens with zero attached hydrogens (tertiary/aromatic N) is 3. The van der Waals surface area contributed by atoms with Gasteiger partial charge in [-0.1, -0.05) is 58.4 Å². The Bertz CT molecular complexity index is 1290. The molecule has 0 radical (unpaired) electrons. The van der Waals surface area contributed by atoms with Gasteiger partial charge >= 0.3 is 0 Å². The van der Waals surface area contributed by atoms with Gasteiger partial charge in [-0.05, 0) is 30.3 Å². The first-order chi connectivity index (χ1) is 13.2. The van der Waals surface area contributed by atoms with Crippen molar-refractivity contribution in [2.45, 2.75) is 0 Å². The maximum absolute atomic E-state index is 5.02. The van der Waals surface area contributed by atoms with Gasteiger partial charge in [-0.15, -0.1) is 0 Å². The summed E-state index contributed by atoms with van der Waals surface area (Å²) in [5, 5.41) is 1.18. The number of hydrogen-bond donors (Lipinski definition) is 0. The average Bonchev–Trinajstić information content (AvgIpc) is 3.04. The first-order valence-corrected chi connectivity index (χ1v) is 9.57. The van der Waals surface area contributed by atoms with Crippen LogP contribution in [0.3, 0.4) is 0 Å². The van der Waals surface area contributed by atoms with E-state index in [0.717, 1.165) is 38.0 Å². The van der Waals surface area contributed by atoms with E-state index in [9.17, 15) is 0 Å². The molecule has 3 aromatic carbocycles. The Morgan fingerprint density at radius 3 is 2.11 bits per heavy atom. The SMILES string of the molecule is Cn1cc(-c2nc3ccccc3nc2-c2ccc(Br)cc2)c2ccccc21. The highest BCUT2D eigenvalue weighted by atomic mass is 79.9. The molecule has 5 aromatic rings. The fourth-order valence-electron chi connectivity index (χ4n) is 3.53. The normalized spacial score (nSPS) is 11.3. The maximum atomic E-state index is 5.02. The summed E-state index contributed by atoms with van der Waals surface area (Å²) in [6.07, 6.45) is 2.14. The van der Waals surface area contributed by atoms with Gasteiger partial charge in [0.15, 0.2) is 0 Å². The third-order valence-electron chi connectivity index (χ3n) is 4.84. The molecule has 0 fully saturated rings. The van der Waals surface area contributed by atoms with E-state index in [1.165, 1.54) is 10.9 Å². The third-order valence-corrected chi connectivity index (χ3v) is 5.37. The molecular formula is C23H16BrN3. The lowest BCUT2D eigenvalue weighted by Crippen LogP contribution is -1.95. The van der Waals surface area contributed by atoms with E-state index in [0.29, 0.717) is 0 Å². The van der Waals surface area contributed by atoms with Crippen molar-refractivity contribution in [2.75, 3.05) is 0 Å². The summed E-state index contributed by atoms with van der Waals surface area (Å²) in [7, 11) is 2.07. The second kappa shape index (κ2) is 6.32. The van der Waals surface area contributed by atoms with Gasteiger partial charge in [-0.3, -0.25) is 0 Å². The van der Waals surface area contributed by atoms with E-state index >= 15 is 0 Å². The lowest BCUT2D eigenvalue weighted by atomic mass is 10.0. The zero-order valence-corrected chi connectivity index (χ0v) is 16.3. The summed E-state index contributed by atoms with van der Waals surface area (Å²) in [4.78, 5) is 10.0. The highest BCUT2D eigenvalue weighted by Gasteiger charge is 2.17. The van der Waals surface area contributed by atoms with Crippen molar-refractivity contribution in [3.63, 3.8) is 0 Å². The molecule has 27 heavy (non-hydrogen) atoms. The van der Waals surface area contributed by atoms with E-state index in [1.807, 2.05) is 36.4 Å². The number of aryl methyl sites for hydroxylation is 1. The van der Waals surface area contributed by atoms with Crippen LogP contribution in [0, 0.1) is 0 Å². The van der Waals surface area contributed by atoms with Gasteiger partial charge in [-0.2, -0.15) is 0 Å². The van der Waals surface area contributed by atoms with Gasteiger partial charge in [0.25, 0.3) is 0 Å². The molecule has 0 amide bonds. The molecule has 0 aliphatic carbocycles. The van der Waals surface area contributed by atoms with Crippen molar-refractivity contribution >= 4 is 37.9 Å². The molecular weight excluding hydrogens is 398 g/mol. The van der Waals surface area contributed by atoms with Crippen LogP contribution in [0.1, 0.15) is 0 Å². The second-order valence-corrected chi connectivity index (χ2v) is 7.50. The maximum Gasteiger partial charge on any atom is 0.0994 e. The second-order valence-electron chi connectivity index (χ2n) is 6.59. The molecule has 0 bridgehead atoms. The molecule has 0 saturated heterocycles. The molecule has 0 atom stereocenters. The monoisotopic (exact) mass is 413 g/mol. The molecule has 0 spiro atoms. The zero-order chi connectivity index (χ0) is 18.4. The standard InChI is InChI=1S/C23H16BrN3/c1-27-14-18(17-6-2-5-9-21(17)27)23-22(15-10-12-16(24)13-11-15)25-19-7-3-4-8-20(19)26-23/h2-14H,1H3. The van der Waals surface area contributed by atoms with Gasteiger partial charge < -0.3 is 4.57 Å². The number of halogens is 1. The van der Waals surface area contributed by atoms with Crippen LogP contribution in [0.4, 0.5) is 0 Å². The van der Waals surface area contributed by atoms with Gasteiger partial charge in [0.2, 0.25) is 0 Å². The minimum atomic E-state index is 0.901. The van der Waals surface area contributed by atoms with Crippen LogP contribution in [-0.4, -0.2) is 14.5 Å². The van der Waals surface area contributed by atoms with Crippen LogP contribution in [0.25, 0.3) is 44.5 Å². The lowest BCUT2D eigenvalue weighted by molar-refractivity contribution is 0.969. The Labute approximate surface area is 165 Å². The topological polar surface area (TPSA) is 30.7 Å². The van der Waals surface area contributed by atoms with Crippen molar-refractivity contribution in [2.24, 2.45) is 7.05 Å². The third kappa shape index (κ3) is 2.73. The lowest BCUT2D eigenvalue weighted by Gasteiger charge is -2.10. The van der Waals surface area contributed by atoms with Crippen LogP contribution in [0.2, 0.25) is 0 Å². The molecule has 2 aromatic heterocycles. The van der Waals surface area contributed by atoms with Crippen molar-refractivity contribution in [1.29, 1.82) is 0 Å². The molecule has 2 heterocycles. The number of fused-ring (bicyclic) bond motifs is 2. The van der Waals surface area contributed by atoms with Crippen LogP contribution >= 0.6 is 15.9 Å². The predicted octanol–water partition coefficient (Wildman–Crippen LogP) is 6.22. The first kappa shape index (κ1) is 16.2. The number of para-hydroxylation sites is 3. The van der Waals surface area contributed by atoms with Crippen molar-refractivity contribution in [3.05, 3.63) is 83.5 Å². The molecule has 0 N–H and O–H groups in total. The Hall–Kier alpha value is -2.98. The summed E-state index contributed by atoms with van der Waals surface area (Å²) < 4.78 is 3.19. The van der Waals surface area contributed by atoms with Crippen molar-refractivity contribution in [1.82, 2.24) is 14.5 Å². The van der Waals surface area contributed by atoms with Gasteiger partial charge in [0, 0.05) is 39.7 Å². The molecule has 4 heteroatoms. The number of benzene rings is 3. The predicted molar refractivity (Wildman–Crippen MR) is 115 cm³/mol. The summed E-state index contributed by atoms with van der Waals surface area (Å²) >= 11 is 3.52. The van der Waals surface area contributed by atoms with Gasteiger partial charge in [0.05, 0.1) is 22.4 Å². The van der Waals surface area contributed by atoms with Gasteiger partial charge in [0.1, 0.15) is 0 Å². The van der Waals surface area contributed by atoms with E-state index in [-0.39, 0.29) is 0 Å². The minimum absolute atomic E-state index is 0.901. The van der Waals surface area contributed by atoms with E-state index in [1.54, 1.807) is 0 Å². The molecule has 130 valence electrons. The first-order valence-electron chi connectivity index (χ1n) is 8.78. The average molecular weight is 414 g/mol. The largest absolute Gasteiger partial charge is 0.350 e.